The summed E-state index contributed by atoms with van der Waals surface area (Å²) in [5.41, 5.74) is 0.701. The molecule has 1 aromatic rings. The van der Waals surface area contributed by atoms with Crippen LogP contribution < -0.4 is 10.2 Å². The lowest BCUT2D eigenvalue weighted by Gasteiger charge is -2.23. The van der Waals surface area contributed by atoms with Gasteiger partial charge in [-0.2, -0.15) is 0 Å². The summed E-state index contributed by atoms with van der Waals surface area (Å²) in [6, 6.07) is 1.76. The third-order valence-electron chi connectivity index (χ3n) is 4.16. The van der Waals surface area contributed by atoms with Crippen LogP contribution in [0.2, 0.25) is 0 Å². The molecule has 0 bridgehead atoms. The lowest BCUT2D eigenvalue weighted by molar-refractivity contribution is 0.435. The number of pyridine rings is 1. The van der Waals surface area contributed by atoms with Gasteiger partial charge in [0.2, 0.25) is 0 Å². The average Bonchev–Trinajstić information content (AvgIpc) is 2.68. The number of aromatic nitrogens is 1. The number of hydrogen-bond donors (Lipinski definition) is 1. The summed E-state index contributed by atoms with van der Waals surface area (Å²) in [5, 5.41) is 3.00. The van der Waals surface area contributed by atoms with Gasteiger partial charge in [0, 0.05) is 31.4 Å². The summed E-state index contributed by atoms with van der Waals surface area (Å²) in [7, 11) is 1.83. The Labute approximate surface area is 121 Å². The topological polar surface area (TPSA) is 28.2 Å². The monoisotopic (exact) mass is 279 g/mol. The molecule has 112 valence electrons. The molecule has 4 heteroatoms. The Morgan fingerprint density at radius 3 is 3.00 bits per heavy atom. The fourth-order valence-electron chi connectivity index (χ4n) is 3.09. The molecule has 1 atom stereocenters. The third kappa shape index (κ3) is 3.69. The Kier molecular flexibility index (Phi) is 5.77. The summed E-state index contributed by atoms with van der Waals surface area (Å²) in [6.07, 6.45) is 7.83. The maximum absolute atomic E-state index is 14.5. The van der Waals surface area contributed by atoms with Crippen molar-refractivity contribution in [3.63, 3.8) is 0 Å². The molecule has 0 aromatic carbocycles. The van der Waals surface area contributed by atoms with Crippen LogP contribution >= 0.6 is 0 Å². The van der Waals surface area contributed by atoms with Crippen molar-refractivity contribution in [1.82, 2.24) is 10.3 Å². The van der Waals surface area contributed by atoms with Crippen molar-refractivity contribution < 1.29 is 4.39 Å². The highest BCUT2D eigenvalue weighted by atomic mass is 19.1. The van der Waals surface area contributed by atoms with Gasteiger partial charge in [-0.25, -0.2) is 9.37 Å². The smallest absolute Gasteiger partial charge is 0.170 e. The van der Waals surface area contributed by atoms with E-state index in [9.17, 15) is 4.39 Å². The molecule has 3 nitrogen and oxygen atoms in total. The van der Waals surface area contributed by atoms with Crippen LogP contribution in [0.1, 0.15) is 44.6 Å². The molecule has 1 aliphatic rings. The number of hydrogen-bond acceptors (Lipinski definition) is 3. The second-order valence-corrected chi connectivity index (χ2v) is 5.71. The molecule has 1 aliphatic heterocycles. The maximum atomic E-state index is 14.5. The predicted molar refractivity (Wildman–Crippen MR) is 81.4 cm³/mol. The number of nitrogens with one attached hydrogen (secondary N) is 1. The van der Waals surface area contributed by atoms with Gasteiger partial charge in [-0.1, -0.05) is 19.8 Å². The zero-order valence-electron chi connectivity index (χ0n) is 12.7. The third-order valence-corrected chi connectivity index (χ3v) is 4.16. The molecule has 2 rings (SSSR count). The van der Waals surface area contributed by atoms with E-state index in [0.717, 1.165) is 31.8 Å². The molecule has 0 amide bonds. The Bertz CT molecular complexity index is 422. The second-order valence-electron chi connectivity index (χ2n) is 5.71. The first-order valence-corrected chi connectivity index (χ1v) is 7.79. The molecule has 2 heterocycles. The number of anilines is 1. The van der Waals surface area contributed by atoms with Crippen molar-refractivity contribution >= 4 is 5.82 Å². The largest absolute Gasteiger partial charge is 0.354 e. The van der Waals surface area contributed by atoms with Crippen molar-refractivity contribution in [3.8, 4) is 0 Å². The van der Waals surface area contributed by atoms with Gasteiger partial charge in [0.15, 0.2) is 11.6 Å². The van der Waals surface area contributed by atoms with Crippen molar-refractivity contribution in [2.24, 2.45) is 5.92 Å². The lowest BCUT2D eigenvalue weighted by Crippen LogP contribution is -2.27. The molecule has 0 radical (unpaired) electrons. The summed E-state index contributed by atoms with van der Waals surface area (Å²) in [4.78, 5) is 6.41. The summed E-state index contributed by atoms with van der Waals surface area (Å²) >= 11 is 0. The minimum Gasteiger partial charge on any atom is -0.354 e. The van der Waals surface area contributed by atoms with Crippen LogP contribution in [0.4, 0.5) is 10.2 Å². The highest BCUT2D eigenvalue weighted by Crippen LogP contribution is 2.26. The van der Waals surface area contributed by atoms with Crippen LogP contribution in [0.25, 0.3) is 0 Å². The first-order chi connectivity index (χ1) is 9.76. The second kappa shape index (κ2) is 7.58. The van der Waals surface area contributed by atoms with Crippen LogP contribution in [0, 0.1) is 11.7 Å². The van der Waals surface area contributed by atoms with Crippen LogP contribution in [0.3, 0.4) is 0 Å². The Morgan fingerprint density at radius 1 is 1.40 bits per heavy atom. The Hall–Kier alpha value is -1.16. The first kappa shape index (κ1) is 15.2. The van der Waals surface area contributed by atoms with E-state index in [2.05, 4.69) is 22.1 Å². The molecular weight excluding hydrogens is 253 g/mol. The number of halogens is 1. The maximum Gasteiger partial charge on any atom is 0.170 e. The fraction of sp³-hybridized carbons (Fsp3) is 0.688. The van der Waals surface area contributed by atoms with Gasteiger partial charge in [0.05, 0.1) is 0 Å². The summed E-state index contributed by atoms with van der Waals surface area (Å²) in [5.74, 6) is 1.18. The zero-order chi connectivity index (χ0) is 14.4. The SMILES string of the molecule is CCCC1CCCN(c2nccc(CNC)c2F)CC1. The molecule has 1 N–H and O–H groups in total. The van der Waals surface area contributed by atoms with Crippen molar-refractivity contribution in [2.45, 2.75) is 45.6 Å². The molecule has 1 saturated heterocycles. The summed E-state index contributed by atoms with van der Waals surface area (Å²) in [6.45, 7) is 4.64. The van der Waals surface area contributed by atoms with Crippen LogP contribution in [0.15, 0.2) is 12.3 Å². The van der Waals surface area contributed by atoms with E-state index in [1.54, 1.807) is 12.3 Å². The van der Waals surface area contributed by atoms with E-state index in [1.807, 2.05) is 7.05 Å². The van der Waals surface area contributed by atoms with Crippen LogP contribution in [-0.2, 0) is 6.54 Å². The van der Waals surface area contributed by atoms with E-state index in [1.165, 1.54) is 19.3 Å². The highest BCUT2D eigenvalue weighted by molar-refractivity contribution is 5.43. The van der Waals surface area contributed by atoms with E-state index < -0.39 is 0 Å². The van der Waals surface area contributed by atoms with Crippen LogP contribution in [0.5, 0.6) is 0 Å². The lowest BCUT2D eigenvalue weighted by atomic mass is 9.96. The summed E-state index contributed by atoms with van der Waals surface area (Å²) < 4.78 is 14.5. The van der Waals surface area contributed by atoms with E-state index in [0.29, 0.717) is 17.9 Å². The van der Waals surface area contributed by atoms with Gasteiger partial charge in [-0.05, 0) is 38.3 Å². The van der Waals surface area contributed by atoms with Gasteiger partial charge in [0.25, 0.3) is 0 Å². The Balaban J connectivity index is 2.09. The molecule has 1 unspecified atom stereocenters. The quantitative estimate of drug-likeness (QED) is 0.896. The van der Waals surface area contributed by atoms with Crippen LogP contribution in [-0.4, -0.2) is 25.1 Å². The zero-order valence-corrected chi connectivity index (χ0v) is 12.7. The molecular formula is C16H26FN3. The van der Waals surface area contributed by atoms with Gasteiger partial charge in [-0.3, -0.25) is 0 Å². The van der Waals surface area contributed by atoms with Crippen molar-refractivity contribution in [3.05, 3.63) is 23.6 Å². The van der Waals surface area contributed by atoms with Gasteiger partial charge >= 0.3 is 0 Å². The van der Waals surface area contributed by atoms with Gasteiger partial charge < -0.3 is 10.2 Å². The van der Waals surface area contributed by atoms with Gasteiger partial charge in [0.1, 0.15) is 0 Å². The predicted octanol–water partition coefficient (Wildman–Crippen LogP) is 3.35. The molecule has 0 aliphatic carbocycles. The molecule has 0 saturated carbocycles. The van der Waals surface area contributed by atoms with Gasteiger partial charge in [-0.15, -0.1) is 0 Å². The molecule has 20 heavy (non-hydrogen) atoms. The van der Waals surface area contributed by atoms with Crippen molar-refractivity contribution in [2.75, 3.05) is 25.0 Å². The van der Waals surface area contributed by atoms with E-state index >= 15 is 0 Å². The Morgan fingerprint density at radius 2 is 2.25 bits per heavy atom. The average molecular weight is 279 g/mol. The minimum atomic E-state index is -0.157. The molecule has 1 fully saturated rings. The standard InChI is InChI=1S/C16H26FN3/c1-3-5-13-6-4-10-20(11-8-13)16-15(17)14(12-18-2)7-9-19-16/h7,9,13,18H,3-6,8,10-12H2,1-2H3. The number of nitrogens with zero attached hydrogens (tertiary/aromatic N) is 2. The first-order valence-electron chi connectivity index (χ1n) is 7.79. The normalized spacial score (nSPS) is 19.9. The van der Waals surface area contributed by atoms with Crippen molar-refractivity contribution in [1.29, 1.82) is 0 Å². The number of rotatable bonds is 5. The fourth-order valence-corrected chi connectivity index (χ4v) is 3.09. The van der Waals surface area contributed by atoms with E-state index in [4.69, 9.17) is 0 Å². The van der Waals surface area contributed by atoms with E-state index in [-0.39, 0.29) is 5.82 Å². The minimum absolute atomic E-state index is 0.157. The molecule has 0 spiro atoms. The molecule has 1 aromatic heterocycles. The highest BCUT2D eigenvalue weighted by Gasteiger charge is 2.20.